The Hall–Kier alpha value is -1.46. The van der Waals surface area contributed by atoms with Crippen LogP contribution in [0.5, 0.6) is 0 Å². The SMILES string of the molecule is CC(C)c1cc(CNC(=O)C[C@@H]2CC2(F)F)no1. The Balaban J connectivity index is 1.75. The van der Waals surface area contributed by atoms with Crippen LogP contribution in [0.3, 0.4) is 0 Å². The third-order valence-corrected chi connectivity index (χ3v) is 3.00. The second-order valence-electron chi connectivity index (χ2n) is 5.02. The van der Waals surface area contributed by atoms with Crippen LogP contribution in [0.25, 0.3) is 0 Å². The van der Waals surface area contributed by atoms with Gasteiger partial charge in [0.25, 0.3) is 5.92 Å². The largest absolute Gasteiger partial charge is 0.361 e. The Kier molecular flexibility index (Phi) is 3.36. The van der Waals surface area contributed by atoms with Crippen molar-refractivity contribution in [3.63, 3.8) is 0 Å². The normalized spacial score (nSPS) is 21.1. The lowest BCUT2D eigenvalue weighted by Crippen LogP contribution is -2.23. The lowest BCUT2D eigenvalue weighted by Gasteiger charge is -2.01. The zero-order valence-corrected chi connectivity index (χ0v) is 10.4. The molecule has 0 bridgehead atoms. The summed E-state index contributed by atoms with van der Waals surface area (Å²) >= 11 is 0. The standard InChI is InChI=1S/C12H16F2N2O2/c1-7(2)10-4-9(16-18-10)6-15-11(17)3-8-5-12(8,13)14/h4,7-8H,3,5-6H2,1-2H3,(H,15,17)/t8-/m1/s1. The first-order valence-electron chi connectivity index (χ1n) is 5.98. The number of carbonyl (C=O) groups is 1. The zero-order chi connectivity index (χ0) is 13.3. The summed E-state index contributed by atoms with van der Waals surface area (Å²) in [5.74, 6) is -2.83. The quantitative estimate of drug-likeness (QED) is 0.882. The first-order chi connectivity index (χ1) is 8.38. The number of nitrogens with one attached hydrogen (secondary N) is 1. The van der Waals surface area contributed by atoms with E-state index in [0.717, 1.165) is 5.76 Å². The fourth-order valence-electron chi connectivity index (χ4n) is 1.66. The van der Waals surface area contributed by atoms with Gasteiger partial charge in [-0.2, -0.15) is 0 Å². The second kappa shape index (κ2) is 4.66. The molecule has 1 aromatic heterocycles. The van der Waals surface area contributed by atoms with Gasteiger partial charge in [-0.3, -0.25) is 4.79 Å². The average molecular weight is 258 g/mol. The van der Waals surface area contributed by atoms with Gasteiger partial charge in [-0.25, -0.2) is 8.78 Å². The van der Waals surface area contributed by atoms with E-state index in [0.29, 0.717) is 5.69 Å². The summed E-state index contributed by atoms with van der Waals surface area (Å²) in [5, 5.41) is 6.36. The van der Waals surface area contributed by atoms with Gasteiger partial charge in [0, 0.05) is 30.7 Å². The maximum absolute atomic E-state index is 12.6. The fraction of sp³-hybridized carbons (Fsp3) is 0.667. The van der Waals surface area contributed by atoms with Crippen LogP contribution >= 0.6 is 0 Å². The van der Waals surface area contributed by atoms with Crippen molar-refractivity contribution in [2.75, 3.05) is 0 Å². The molecule has 0 spiro atoms. The summed E-state index contributed by atoms with van der Waals surface area (Å²) in [4.78, 5) is 11.4. The topological polar surface area (TPSA) is 55.1 Å². The van der Waals surface area contributed by atoms with E-state index in [1.165, 1.54) is 0 Å². The fourth-order valence-corrected chi connectivity index (χ4v) is 1.66. The molecule has 0 saturated heterocycles. The highest BCUT2D eigenvalue weighted by Gasteiger charge is 2.57. The second-order valence-corrected chi connectivity index (χ2v) is 5.02. The number of halogens is 2. The molecular weight excluding hydrogens is 242 g/mol. The van der Waals surface area contributed by atoms with Crippen molar-refractivity contribution in [2.45, 2.75) is 45.1 Å². The lowest BCUT2D eigenvalue weighted by molar-refractivity contribution is -0.122. The minimum absolute atomic E-state index is 0.123. The summed E-state index contributed by atoms with van der Waals surface area (Å²) in [6, 6.07) is 1.76. The molecule has 1 aliphatic rings. The monoisotopic (exact) mass is 258 g/mol. The van der Waals surface area contributed by atoms with Crippen molar-refractivity contribution >= 4 is 5.91 Å². The van der Waals surface area contributed by atoms with Gasteiger partial charge >= 0.3 is 0 Å². The smallest absolute Gasteiger partial charge is 0.252 e. The third kappa shape index (κ3) is 3.05. The van der Waals surface area contributed by atoms with Crippen molar-refractivity contribution < 1.29 is 18.1 Å². The number of hydrogen-bond donors (Lipinski definition) is 1. The number of rotatable bonds is 5. The maximum atomic E-state index is 12.6. The first-order valence-corrected chi connectivity index (χ1v) is 5.98. The molecule has 1 N–H and O–H groups in total. The first kappa shape index (κ1) is 13.0. The van der Waals surface area contributed by atoms with E-state index in [2.05, 4.69) is 10.5 Å². The summed E-state index contributed by atoms with van der Waals surface area (Å²) in [7, 11) is 0. The van der Waals surface area contributed by atoms with Crippen LogP contribution in [-0.4, -0.2) is 17.0 Å². The van der Waals surface area contributed by atoms with Crippen molar-refractivity contribution in [2.24, 2.45) is 5.92 Å². The van der Waals surface area contributed by atoms with Crippen molar-refractivity contribution in [3.05, 3.63) is 17.5 Å². The van der Waals surface area contributed by atoms with Crippen molar-refractivity contribution in [1.29, 1.82) is 0 Å². The molecule has 2 rings (SSSR count). The van der Waals surface area contributed by atoms with E-state index in [1.54, 1.807) is 6.07 Å². The van der Waals surface area contributed by atoms with Gasteiger partial charge in [0.05, 0.1) is 6.54 Å². The number of amides is 1. The number of alkyl halides is 2. The highest BCUT2D eigenvalue weighted by molar-refractivity contribution is 5.76. The number of aromatic nitrogens is 1. The third-order valence-electron chi connectivity index (χ3n) is 3.00. The summed E-state index contributed by atoms with van der Waals surface area (Å²) < 4.78 is 30.3. The highest BCUT2D eigenvalue weighted by atomic mass is 19.3. The van der Waals surface area contributed by atoms with E-state index < -0.39 is 11.8 Å². The molecule has 100 valence electrons. The molecule has 18 heavy (non-hydrogen) atoms. The molecule has 1 aromatic rings. The molecule has 1 amide bonds. The molecule has 4 nitrogen and oxygen atoms in total. The molecule has 0 radical (unpaired) electrons. The summed E-state index contributed by atoms with van der Waals surface area (Å²) in [5.41, 5.74) is 0.606. The van der Waals surface area contributed by atoms with Gasteiger partial charge < -0.3 is 9.84 Å². The van der Waals surface area contributed by atoms with Crippen LogP contribution in [0, 0.1) is 5.92 Å². The Labute approximate surface area is 104 Å². The molecule has 0 unspecified atom stereocenters. The molecular formula is C12H16F2N2O2. The van der Waals surface area contributed by atoms with Gasteiger partial charge in [-0.1, -0.05) is 19.0 Å². The average Bonchev–Trinajstić information content (AvgIpc) is 2.73. The van der Waals surface area contributed by atoms with E-state index >= 15 is 0 Å². The van der Waals surface area contributed by atoms with Crippen LogP contribution < -0.4 is 5.32 Å². The van der Waals surface area contributed by atoms with E-state index in [-0.39, 0.29) is 31.2 Å². The predicted octanol–water partition coefficient (Wildman–Crippen LogP) is 2.46. The summed E-state index contributed by atoms with van der Waals surface area (Å²) in [6.07, 6.45) is -0.302. The van der Waals surface area contributed by atoms with Crippen LogP contribution in [0.15, 0.2) is 10.6 Å². The van der Waals surface area contributed by atoms with Gasteiger partial charge in [0.15, 0.2) is 0 Å². The Morgan fingerprint density at radius 2 is 2.33 bits per heavy atom. The minimum Gasteiger partial charge on any atom is -0.361 e. The maximum Gasteiger partial charge on any atom is 0.252 e. The number of carbonyl (C=O) groups excluding carboxylic acids is 1. The van der Waals surface area contributed by atoms with Gasteiger partial charge in [-0.15, -0.1) is 0 Å². The zero-order valence-electron chi connectivity index (χ0n) is 10.4. The van der Waals surface area contributed by atoms with Crippen molar-refractivity contribution in [1.82, 2.24) is 10.5 Å². The molecule has 1 heterocycles. The Bertz CT molecular complexity index is 443. The number of hydrogen-bond acceptors (Lipinski definition) is 3. The molecule has 0 aliphatic heterocycles. The van der Waals surface area contributed by atoms with Crippen LogP contribution in [0.4, 0.5) is 8.78 Å². The van der Waals surface area contributed by atoms with Crippen molar-refractivity contribution in [3.8, 4) is 0 Å². The van der Waals surface area contributed by atoms with Gasteiger partial charge in [-0.05, 0) is 0 Å². The van der Waals surface area contributed by atoms with Gasteiger partial charge in [0.1, 0.15) is 11.5 Å². The highest BCUT2D eigenvalue weighted by Crippen LogP contribution is 2.50. The minimum atomic E-state index is -2.64. The predicted molar refractivity (Wildman–Crippen MR) is 60.1 cm³/mol. The molecule has 1 fully saturated rings. The Morgan fingerprint density at radius 1 is 1.67 bits per heavy atom. The van der Waals surface area contributed by atoms with E-state index in [1.807, 2.05) is 13.8 Å². The van der Waals surface area contributed by atoms with Crippen LogP contribution in [-0.2, 0) is 11.3 Å². The molecule has 6 heteroatoms. The van der Waals surface area contributed by atoms with E-state index in [9.17, 15) is 13.6 Å². The molecule has 1 atom stereocenters. The molecule has 1 saturated carbocycles. The lowest BCUT2D eigenvalue weighted by atomic mass is 10.1. The molecule has 1 aliphatic carbocycles. The van der Waals surface area contributed by atoms with Crippen LogP contribution in [0.2, 0.25) is 0 Å². The van der Waals surface area contributed by atoms with Gasteiger partial charge in [0.2, 0.25) is 5.91 Å². The number of nitrogens with zero attached hydrogens (tertiary/aromatic N) is 1. The summed E-state index contributed by atoms with van der Waals surface area (Å²) in [6.45, 7) is 4.16. The van der Waals surface area contributed by atoms with E-state index in [4.69, 9.17) is 4.52 Å². The molecule has 0 aromatic carbocycles. The van der Waals surface area contributed by atoms with Crippen LogP contribution in [0.1, 0.15) is 44.1 Å². The Morgan fingerprint density at radius 3 is 2.83 bits per heavy atom.